The molecule has 0 radical (unpaired) electrons. The Bertz CT molecular complexity index is 408. The molecule has 1 aliphatic rings. The van der Waals surface area contributed by atoms with E-state index in [1.54, 1.807) is 0 Å². The van der Waals surface area contributed by atoms with E-state index >= 15 is 0 Å². The van der Waals surface area contributed by atoms with Gasteiger partial charge in [0, 0.05) is 24.8 Å². The average molecular weight is 215 g/mol. The van der Waals surface area contributed by atoms with Gasteiger partial charge in [0.05, 0.1) is 11.6 Å². The lowest BCUT2D eigenvalue weighted by Crippen LogP contribution is -2.47. The van der Waals surface area contributed by atoms with Crippen LogP contribution in [0.3, 0.4) is 0 Å². The predicted molar refractivity (Wildman–Crippen MR) is 65.1 cm³/mol. The molecule has 0 saturated carbocycles. The molecule has 1 aliphatic heterocycles. The van der Waals surface area contributed by atoms with Crippen molar-refractivity contribution in [1.29, 1.82) is 5.26 Å². The summed E-state index contributed by atoms with van der Waals surface area (Å²) in [5.74, 6) is 0.593. The molecular weight excluding hydrogens is 198 g/mol. The van der Waals surface area contributed by atoms with Crippen molar-refractivity contribution in [3.8, 4) is 6.07 Å². The summed E-state index contributed by atoms with van der Waals surface area (Å²) in [6, 6.07) is 10.1. The molecule has 2 N–H and O–H groups in total. The van der Waals surface area contributed by atoms with Crippen molar-refractivity contribution in [2.75, 3.05) is 18.0 Å². The molecule has 84 valence electrons. The topological polar surface area (TPSA) is 53.0 Å². The first kappa shape index (κ1) is 11.0. The average Bonchev–Trinajstić information content (AvgIpc) is 2.33. The quantitative estimate of drug-likeness (QED) is 0.776. The van der Waals surface area contributed by atoms with Crippen molar-refractivity contribution >= 4 is 5.69 Å². The first-order valence-electron chi connectivity index (χ1n) is 5.71. The summed E-state index contributed by atoms with van der Waals surface area (Å²) in [6.45, 7) is 4.12. The molecule has 1 saturated heterocycles. The van der Waals surface area contributed by atoms with E-state index < -0.39 is 0 Å². The Morgan fingerprint density at radius 2 is 2.31 bits per heavy atom. The Hall–Kier alpha value is -1.53. The zero-order valence-electron chi connectivity index (χ0n) is 9.56. The van der Waals surface area contributed by atoms with Crippen LogP contribution in [0.2, 0.25) is 0 Å². The minimum Gasteiger partial charge on any atom is -0.370 e. The van der Waals surface area contributed by atoms with Crippen molar-refractivity contribution in [3.63, 3.8) is 0 Å². The second-order valence-corrected chi connectivity index (χ2v) is 4.54. The molecular formula is C13H17N3. The van der Waals surface area contributed by atoms with Crippen LogP contribution in [0.25, 0.3) is 0 Å². The van der Waals surface area contributed by atoms with Gasteiger partial charge in [-0.05, 0) is 30.5 Å². The number of nitrogens with two attached hydrogens (primary N) is 1. The Morgan fingerprint density at radius 1 is 1.50 bits per heavy atom. The van der Waals surface area contributed by atoms with Crippen LogP contribution in [0.15, 0.2) is 24.3 Å². The van der Waals surface area contributed by atoms with Crippen molar-refractivity contribution < 1.29 is 0 Å². The number of benzene rings is 1. The molecule has 16 heavy (non-hydrogen) atoms. The van der Waals surface area contributed by atoms with E-state index in [-0.39, 0.29) is 6.04 Å². The van der Waals surface area contributed by atoms with Crippen LogP contribution in [0.1, 0.15) is 18.9 Å². The minimum absolute atomic E-state index is 0.236. The normalized spacial score (nSPS) is 25.2. The molecule has 0 bridgehead atoms. The van der Waals surface area contributed by atoms with Crippen molar-refractivity contribution in [2.45, 2.75) is 19.4 Å². The molecule has 0 aromatic heterocycles. The number of hydrogen-bond acceptors (Lipinski definition) is 3. The Morgan fingerprint density at radius 3 is 3.00 bits per heavy atom. The van der Waals surface area contributed by atoms with Gasteiger partial charge in [0.1, 0.15) is 0 Å². The fourth-order valence-electron chi connectivity index (χ4n) is 2.11. The first-order chi connectivity index (χ1) is 7.70. The monoisotopic (exact) mass is 215 g/mol. The van der Waals surface area contributed by atoms with Gasteiger partial charge in [0.15, 0.2) is 0 Å². The Kier molecular flexibility index (Phi) is 3.12. The van der Waals surface area contributed by atoms with Gasteiger partial charge in [0.25, 0.3) is 0 Å². The SMILES string of the molecule is CC1CCN(c2cccc(C#N)c2)CC1N. The van der Waals surface area contributed by atoms with Crippen LogP contribution in [0.4, 0.5) is 5.69 Å². The maximum atomic E-state index is 8.86. The van der Waals surface area contributed by atoms with E-state index in [1.165, 1.54) is 0 Å². The van der Waals surface area contributed by atoms with Crippen LogP contribution in [-0.4, -0.2) is 19.1 Å². The van der Waals surface area contributed by atoms with Crippen molar-refractivity contribution in [3.05, 3.63) is 29.8 Å². The summed E-state index contributed by atoms with van der Waals surface area (Å²) in [6.07, 6.45) is 1.12. The predicted octanol–water partition coefficient (Wildman–Crippen LogP) is 1.73. The molecule has 0 amide bonds. The standard InChI is InChI=1S/C13H17N3/c1-10-5-6-16(9-13(10)15)12-4-2-3-11(7-12)8-14/h2-4,7,10,13H,5-6,9,15H2,1H3. The van der Waals surface area contributed by atoms with Gasteiger partial charge in [-0.25, -0.2) is 0 Å². The van der Waals surface area contributed by atoms with Gasteiger partial charge in [-0.3, -0.25) is 0 Å². The zero-order valence-corrected chi connectivity index (χ0v) is 9.56. The molecule has 0 spiro atoms. The molecule has 1 heterocycles. The smallest absolute Gasteiger partial charge is 0.0992 e. The van der Waals surface area contributed by atoms with Crippen LogP contribution in [-0.2, 0) is 0 Å². The molecule has 0 aliphatic carbocycles. The van der Waals surface area contributed by atoms with Crippen molar-refractivity contribution in [2.24, 2.45) is 11.7 Å². The second kappa shape index (κ2) is 4.54. The summed E-state index contributed by atoms with van der Waals surface area (Å²) in [4.78, 5) is 2.27. The molecule has 3 nitrogen and oxygen atoms in total. The van der Waals surface area contributed by atoms with Gasteiger partial charge < -0.3 is 10.6 Å². The number of nitrogens with zero attached hydrogens (tertiary/aromatic N) is 2. The highest BCUT2D eigenvalue weighted by Gasteiger charge is 2.23. The van der Waals surface area contributed by atoms with Crippen LogP contribution in [0, 0.1) is 17.2 Å². The first-order valence-corrected chi connectivity index (χ1v) is 5.71. The summed E-state index contributed by atoms with van der Waals surface area (Å²) < 4.78 is 0. The lowest BCUT2D eigenvalue weighted by atomic mass is 9.94. The minimum atomic E-state index is 0.236. The summed E-state index contributed by atoms with van der Waals surface area (Å²) >= 11 is 0. The third kappa shape index (κ3) is 2.17. The van der Waals surface area contributed by atoms with E-state index in [4.69, 9.17) is 11.0 Å². The highest BCUT2D eigenvalue weighted by molar-refractivity contribution is 5.51. The Balaban J connectivity index is 2.16. The van der Waals surface area contributed by atoms with Crippen LogP contribution >= 0.6 is 0 Å². The van der Waals surface area contributed by atoms with Crippen LogP contribution in [0.5, 0.6) is 0 Å². The summed E-state index contributed by atoms with van der Waals surface area (Å²) in [7, 11) is 0. The van der Waals surface area contributed by atoms with E-state index in [2.05, 4.69) is 17.9 Å². The molecule has 1 aromatic carbocycles. The molecule has 1 fully saturated rings. The van der Waals surface area contributed by atoms with E-state index in [9.17, 15) is 0 Å². The number of nitriles is 1. The van der Waals surface area contributed by atoms with Gasteiger partial charge in [-0.2, -0.15) is 5.26 Å². The molecule has 1 aromatic rings. The number of piperidine rings is 1. The second-order valence-electron chi connectivity index (χ2n) is 4.54. The van der Waals surface area contributed by atoms with Crippen molar-refractivity contribution in [1.82, 2.24) is 0 Å². The maximum absolute atomic E-state index is 8.86. The largest absolute Gasteiger partial charge is 0.370 e. The van der Waals surface area contributed by atoms with Gasteiger partial charge in [0.2, 0.25) is 0 Å². The zero-order chi connectivity index (χ0) is 11.5. The lowest BCUT2D eigenvalue weighted by Gasteiger charge is -2.36. The number of anilines is 1. The van der Waals surface area contributed by atoms with E-state index in [0.29, 0.717) is 11.5 Å². The number of rotatable bonds is 1. The highest BCUT2D eigenvalue weighted by Crippen LogP contribution is 2.22. The Labute approximate surface area is 96.5 Å². The fourth-order valence-corrected chi connectivity index (χ4v) is 2.11. The van der Waals surface area contributed by atoms with Crippen LogP contribution < -0.4 is 10.6 Å². The highest BCUT2D eigenvalue weighted by atomic mass is 15.2. The van der Waals surface area contributed by atoms with Gasteiger partial charge in [-0.15, -0.1) is 0 Å². The summed E-state index contributed by atoms with van der Waals surface area (Å²) in [5, 5.41) is 8.86. The van der Waals surface area contributed by atoms with Gasteiger partial charge >= 0.3 is 0 Å². The molecule has 2 rings (SSSR count). The fraction of sp³-hybridized carbons (Fsp3) is 0.462. The van der Waals surface area contributed by atoms with E-state index in [1.807, 2.05) is 24.3 Å². The lowest BCUT2D eigenvalue weighted by molar-refractivity contribution is 0.379. The summed E-state index contributed by atoms with van der Waals surface area (Å²) in [5.41, 5.74) is 7.89. The third-order valence-corrected chi connectivity index (χ3v) is 3.36. The van der Waals surface area contributed by atoms with Gasteiger partial charge in [-0.1, -0.05) is 13.0 Å². The molecule has 3 heteroatoms. The molecule has 2 unspecified atom stereocenters. The third-order valence-electron chi connectivity index (χ3n) is 3.36. The van der Waals surface area contributed by atoms with E-state index in [0.717, 1.165) is 25.2 Å². The maximum Gasteiger partial charge on any atom is 0.0992 e. The molecule has 2 atom stereocenters. The number of hydrogen-bond donors (Lipinski definition) is 1.